The van der Waals surface area contributed by atoms with Crippen LogP contribution in [0.3, 0.4) is 0 Å². The molecule has 0 fully saturated rings. The fourth-order valence-corrected chi connectivity index (χ4v) is 2.89. The van der Waals surface area contributed by atoms with Crippen LogP contribution in [0.1, 0.15) is 31.9 Å². The molecule has 1 atom stereocenters. The molecule has 144 valence electrons. The first-order valence-electron chi connectivity index (χ1n) is 8.82. The van der Waals surface area contributed by atoms with Crippen LogP contribution in [0.5, 0.6) is 5.75 Å². The van der Waals surface area contributed by atoms with Crippen LogP contribution in [-0.2, 0) is 9.59 Å². The molecule has 0 saturated carbocycles. The van der Waals surface area contributed by atoms with Gasteiger partial charge in [-0.3, -0.25) is 9.59 Å². The molecule has 0 aromatic heterocycles. The lowest BCUT2D eigenvalue weighted by Crippen LogP contribution is -2.30. The molecule has 0 aliphatic heterocycles. The second-order valence-corrected chi connectivity index (χ2v) is 7.71. The van der Waals surface area contributed by atoms with Gasteiger partial charge in [0.15, 0.2) is 6.10 Å². The van der Waals surface area contributed by atoms with Gasteiger partial charge in [0.2, 0.25) is 5.91 Å². The summed E-state index contributed by atoms with van der Waals surface area (Å²) in [6.07, 6.45) is -0.683. The molecule has 0 heterocycles. The number of aryl methyl sites for hydroxylation is 2. The first kappa shape index (κ1) is 21.0. The van der Waals surface area contributed by atoms with Crippen molar-refractivity contribution in [2.45, 2.75) is 40.7 Å². The number of hydrogen-bond acceptors (Lipinski definition) is 3. The molecule has 0 radical (unpaired) electrons. The van der Waals surface area contributed by atoms with E-state index in [1.165, 1.54) is 0 Å². The van der Waals surface area contributed by atoms with Gasteiger partial charge in [-0.15, -0.1) is 0 Å². The van der Waals surface area contributed by atoms with E-state index in [0.717, 1.165) is 15.6 Å². The van der Waals surface area contributed by atoms with Crippen molar-refractivity contribution in [1.82, 2.24) is 0 Å². The Labute approximate surface area is 168 Å². The molecule has 0 bridgehead atoms. The normalized spacial score (nSPS) is 11.8. The van der Waals surface area contributed by atoms with Crippen molar-refractivity contribution in [2.24, 2.45) is 5.92 Å². The van der Waals surface area contributed by atoms with Crippen molar-refractivity contribution < 1.29 is 14.3 Å². The van der Waals surface area contributed by atoms with Crippen LogP contribution in [0.4, 0.5) is 11.4 Å². The number of hydrogen-bond donors (Lipinski definition) is 2. The summed E-state index contributed by atoms with van der Waals surface area (Å²) in [6, 6.07) is 11.1. The maximum atomic E-state index is 12.6. The molecule has 1 unspecified atom stereocenters. The highest BCUT2D eigenvalue weighted by molar-refractivity contribution is 9.10. The van der Waals surface area contributed by atoms with E-state index < -0.39 is 6.10 Å². The average molecular weight is 433 g/mol. The van der Waals surface area contributed by atoms with Crippen molar-refractivity contribution in [3.05, 3.63) is 52.0 Å². The number of ether oxygens (including phenoxy) is 1. The Morgan fingerprint density at radius 2 is 1.67 bits per heavy atom. The molecule has 2 aromatic carbocycles. The number of amides is 2. The summed E-state index contributed by atoms with van der Waals surface area (Å²) in [6.45, 7) is 9.23. The second kappa shape index (κ2) is 9.04. The number of halogens is 1. The predicted octanol–water partition coefficient (Wildman–Crippen LogP) is 5.07. The van der Waals surface area contributed by atoms with Crippen molar-refractivity contribution in [3.8, 4) is 5.75 Å². The predicted molar refractivity (Wildman–Crippen MR) is 112 cm³/mol. The molecule has 6 heteroatoms. The summed E-state index contributed by atoms with van der Waals surface area (Å²) in [4.78, 5) is 24.4. The minimum absolute atomic E-state index is 0.0722. The van der Waals surface area contributed by atoms with E-state index in [1.54, 1.807) is 13.0 Å². The van der Waals surface area contributed by atoms with Crippen LogP contribution in [-0.4, -0.2) is 17.9 Å². The van der Waals surface area contributed by atoms with E-state index in [1.807, 2.05) is 58.0 Å². The van der Waals surface area contributed by atoms with Gasteiger partial charge in [-0.1, -0.05) is 26.0 Å². The highest BCUT2D eigenvalue weighted by Crippen LogP contribution is 2.27. The molecule has 0 spiro atoms. The van der Waals surface area contributed by atoms with Crippen molar-refractivity contribution in [2.75, 3.05) is 10.6 Å². The van der Waals surface area contributed by atoms with Crippen LogP contribution in [0.2, 0.25) is 0 Å². The van der Waals surface area contributed by atoms with Gasteiger partial charge in [0.05, 0.1) is 4.47 Å². The zero-order valence-electron chi connectivity index (χ0n) is 16.2. The van der Waals surface area contributed by atoms with Crippen LogP contribution in [0.15, 0.2) is 40.9 Å². The Balaban J connectivity index is 2.08. The molecular formula is C21H25BrN2O3. The zero-order valence-corrected chi connectivity index (χ0v) is 17.8. The number of benzene rings is 2. The number of rotatable bonds is 6. The Hall–Kier alpha value is -2.34. The molecule has 5 nitrogen and oxygen atoms in total. The van der Waals surface area contributed by atoms with E-state index in [9.17, 15) is 9.59 Å². The second-order valence-electron chi connectivity index (χ2n) is 6.86. The van der Waals surface area contributed by atoms with Gasteiger partial charge in [-0.05, 0) is 72.1 Å². The van der Waals surface area contributed by atoms with Gasteiger partial charge in [0.25, 0.3) is 5.91 Å². The van der Waals surface area contributed by atoms with Crippen LogP contribution >= 0.6 is 15.9 Å². The van der Waals surface area contributed by atoms with E-state index in [-0.39, 0.29) is 17.7 Å². The van der Waals surface area contributed by atoms with Gasteiger partial charge >= 0.3 is 0 Å². The third kappa shape index (κ3) is 5.82. The van der Waals surface area contributed by atoms with Gasteiger partial charge < -0.3 is 15.4 Å². The van der Waals surface area contributed by atoms with E-state index in [0.29, 0.717) is 17.1 Å². The van der Waals surface area contributed by atoms with Crippen LogP contribution in [0.25, 0.3) is 0 Å². The average Bonchev–Trinajstić information content (AvgIpc) is 2.60. The number of nitrogens with one attached hydrogen (secondary N) is 2. The Morgan fingerprint density at radius 3 is 2.30 bits per heavy atom. The van der Waals surface area contributed by atoms with Crippen molar-refractivity contribution in [1.29, 1.82) is 0 Å². The molecule has 2 amide bonds. The lowest BCUT2D eigenvalue weighted by Gasteiger charge is -2.17. The van der Waals surface area contributed by atoms with Crippen molar-refractivity contribution >= 4 is 39.1 Å². The van der Waals surface area contributed by atoms with Gasteiger partial charge in [-0.25, -0.2) is 0 Å². The minimum atomic E-state index is -0.683. The number of carbonyl (C=O) groups excluding carboxylic acids is 2. The van der Waals surface area contributed by atoms with Gasteiger partial charge in [0, 0.05) is 17.3 Å². The molecule has 0 saturated heterocycles. The first-order valence-corrected chi connectivity index (χ1v) is 9.62. The maximum Gasteiger partial charge on any atom is 0.265 e. The fraction of sp³-hybridized carbons (Fsp3) is 0.333. The lowest BCUT2D eigenvalue weighted by molar-refractivity contribution is -0.122. The van der Waals surface area contributed by atoms with E-state index in [4.69, 9.17) is 4.74 Å². The monoisotopic (exact) mass is 432 g/mol. The van der Waals surface area contributed by atoms with Crippen LogP contribution in [0, 0.1) is 19.8 Å². The molecule has 0 aliphatic rings. The zero-order chi connectivity index (χ0) is 20.1. The summed E-state index contributed by atoms with van der Waals surface area (Å²) < 4.78 is 6.57. The number of carbonyl (C=O) groups is 2. The lowest BCUT2D eigenvalue weighted by atomic mass is 10.1. The fourth-order valence-electron chi connectivity index (χ4n) is 2.30. The Kier molecular flexibility index (Phi) is 7.02. The third-order valence-corrected chi connectivity index (χ3v) is 4.67. The van der Waals surface area contributed by atoms with Crippen LogP contribution < -0.4 is 15.4 Å². The highest BCUT2D eigenvalue weighted by Gasteiger charge is 2.17. The molecule has 2 N–H and O–H groups in total. The quantitative estimate of drug-likeness (QED) is 0.669. The summed E-state index contributed by atoms with van der Waals surface area (Å²) in [5.41, 5.74) is 3.28. The smallest absolute Gasteiger partial charge is 0.265 e. The minimum Gasteiger partial charge on any atom is -0.480 e. The maximum absolute atomic E-state index is 12.6. The van der Waals surface area contributed by atoms with Gasteiger partial charge in [0.1, 0.15) is 5.75 Å². The third-order valence-electron chi connectivity index (χ3n) is 4.05. The SMILES string of the molecule is Cc1ccc(OC(C)C(=O)Nc2cc(NC(=O)C(C)C)ccc2C)c(Br)c1. The Bertz CT molecular complexity index is 849. The standard InChI is InChI=1S/C21H25BrN2O3/c1-12(2)20(25)23-16-8-7-14(4)18(11-16)24-21(26)15(5)27-19-9-6-13(3)10-17(19)22/h6-12,15H,1-5H3,(H,23,25)(H,24,26). The van der Waals surface area contributed by atoms with E-state index >= 15 is 0 Å². The topological polar surface area (TPSA) is 67.4 Å². The Morgan fingerprint density at radius 1 is 0.963 bits per heavy atom. The first-order chi connectivity index (χ1) is 12.7. The molecule has 2 aromatic rings. The molecule has 2 rings (SSSR count). The highest BCUT2D eigenvalue weighted by atomic mass is 79.9. The van der Waals surface area contributed by atoms with E-state index in [2.05, 4.69) is 26.6 Å². The summed E-state index contributed by atoms with van der Waals surface area (Å²) >= 11 is 3.45. The number of anilines is 2. The molecule has 27 heavy (non-hydrogen) atoms. The summed E-state index contributed by atoms with van der Waals surface area (Å²) in [7, 11) is 0. The largest absolute Gasteiger partial charge is 0.480 e. The molecular weight excluding hydrogens is 408 g/mol. The molecule has 0 aliphatic carbocycles. The van der Waals surface area contributed by atoms with Crippen molar-refractivity contribution in [3.63, 3.8) is 0 Å². The summed E-state index contributed by atoms with van der Waals surface area (Å²) in [5.74, 6) is 0.151. The summed E-state index contributed by atoms with van der Waals surface area (Å²) in [5, 5.41) is 5.71. The van der Waals surface area contributed by atoms with Gasteiger partial charge in [-0.2, -0.15) is 0 Å².